The van der Waals surface area contributed by atoms with E-state index in [1.807, 2.05) is 4.68 Å². The van der Waals surface area contributed by atoms with Crippen LogP contribution in [-0.2, 0) is 12.8 Å². The molecule has 1 aromatic heterocycles. The van der Waals surface area contributed by atoms with Gasteiger partial charge in [-0.3, -0.25) is 0 Å². The number of carboxylic acid groups (broad SMARTS) is 1. The molecule has 0 aliphatic rings. The molecule has 19 heavy (non-hydrogen) atoms. The molecule has 5 heteroatoms. The van der Waals surface area contributed by atoms with Crippen LogP contribution in [0.15, 0.2) is 28.7 Å². The first-order chi connectivity index (χ1) is 9.06. The van der Waals surface area contributed by atoms with Crippen LogP contribution in [0.4, 0.5) is 0 Å². The highest BCUT2D eigenvalue weighted by Crippen LogP contribution is 2.24. The van der Waals surface area contributed by atoms with E-state index in [1.54, 1.807) is 18.2 Å². The molecule has 0 spiro atoms. The Morgan fingerprint density at radius 2 is 2.05 bits per heavy atom. The highest BCUT2D eigenvalue weighted by molar-refractivity contribution is 9.10. The van der Waals surface area contributed by atoms with Crippen LogP contribution >= 0.6 is 15.9 Å². The van der Waals surface area contributed by atoms with Gasteiger partial charge in [-0.1, -0.05) is 13.8 Å². The molecule has 1 N–H and O–H groups in total. The van der Waals surface area contributed by atoms with Crippen molar-refractivity contribution in [1.29, 1.82) is 0 Å². The summed E-state index contributed by atoms with van der Waals surface area (Å²) in [5, 5.41) is 13.5. The average Bonchev–Trinajstić information content (AvgIpc) is 2.81. The third-order valence-corrected chi connectivity index (χ3v) is 3.62. The van der Waals surface area contributed by atoms with Gasteiger partial charge in [0.25, 0.3) is 0 Å². The summed E-state index contributed by atoms with van der Waals surface area (Å²) in [6.45, 7) is 4.14. The second kappa shape index (κ2) is 5.57. The number of aryl methyl sites for hydroxylation is 2. The summed E-state index contributed by atoms with van der Waals surface area (Å²) < 4.78 is 2.60. The molecule has 1 aromatic carbocycles. The zero-order valence-corrected chi connectivity index (χ0v) is 12.4. The van der Waals surface area contributed by atoms with Crippen molar-refractivity contribution in [3.8, 4) is 5.69 Å². The molecule has 4 nitrogen and oxygen atoms in total. The maximum Gasteiger partial charge on any atom is 0.335 e. The summed E-state index contributed by atoms with van der Waals surface area (Å²) in [5.74, 6) is -0.933. The van der Waals surface area contributed by atoms with Crippen LogP contribution in [0.25, 0.3) is 5.69 Å². The molecular weight excluding hydrogens is 308 g/mol. The number of aromatic carboxylic acids is 1. The fourth-order valence-corrected chi connectivity index (χ4v) is 2.47. The zero-order valence-electron chi connectivity index (χ0n) is 10.9. The Balaban J connectivity index is 2.52. The van der Waals surface area contributed by atoms with E-state index in [0.29, 0.717) is 0 Å². The maximum absolute atomic E-state index is 10.9. The Morgan fingerprint density at radius 3 is 2.58 bits per heavy atom. The summed E-state index contributed by atoms with van der Waals surface area (Å²) in [4.78, 5) is 10.9. The van der Waals surface area contributed by atoms with Crippen molar-refractivity contribution in [2.24, 2.45) is 0 Å². The van der Waals surface area contributed by atoms with E-state index in [0.717, 1.165) is 34.4 Å². The minimum absolute atomic E-state index is 0.261. The molecule has 0 saturated carbocycles. The van der Waals surface area contributed by atoms with Gasteiger partial charge in [0.15, 0.2) is 0 Å². The van der Waals surface area contributed by atoms with Gasteiger partial charge in [-0.15, -0.1) is 0 Å². The summed E-state index contributed by atoms with van der Waals surface area (Å²) >= 11 is 3.42. The number of carbonyl (C=O) groups is 1. The summed E-state index contributed by atoms with van der Waals surface area (Å²) in [6, 6.07) is 7.05. The molecule has 0 saturated heterocycles. The molecule has 100 valence electrons. The third kappa shape index (κ3) is 2.71. The zero-order chi connectivity index (χ0) is 14.0. The summed E-state index contributed by atoms with van der Waals surface area (Å²) in [7, 11) is 0. The van der Waals surface area contributed by atoms with E-state index in [4.69, 9.17) is 5.11 Å². The third-order valence-electron chi connectivity index (χ3n) is 2.98. The lowest BCUT2D eigenvalue weighted by Crippen LogP contribution is -2.04. The van der Waals surface area contributed by atoms with Crippen molar-refractivity contribution in [1.82, 2.24) is 9.78 Å². The predicted octanol–water partition coefficient (Wildman–Crippen LogP) is 3.46. The van der Waals surface area contributed by atoms with E-state index in [2.05, 4.69) is 40.9 Å². The van der Waals surface area contributed by atoms with Gasteiger partial charge in [-0.25, -0.2) is 9.48 Å². The first kappa shape index (κ1) is 13.8. The van der Waals surface area contributed by atoms with E-state index in [-0.39, 0.29) is 5.56 Å². The van der Waals surface area contributed by atoms with Gasteiger partial charge >= 0.3 is 5.97 Å². The van der Waals surface area contributed by atoms with Crippen molar-refractivity contribution in [2.75, 3.05) is 0 Å². The molecule has 0 bridgehead atoms. The predicted molar refractivity (Wildman–Crippen MR) is 77.0 cm³/mol. The average molecular weight is 323 g/mol. The molecule has 1 heterocycles. The van der Waals surface area contributed by atoms with E-state index in [1.165, 1.54) is 0 Å². The lowest BCUT2D eigenvalue weighted by molar-refractivity contribution is 0.0697. The SMILES string of the molecule is CCc1cc(CC)n(-c2ccc(C(=O)O)cc2Br)n1. The number of halogens is 1. The molecule has 0 atom stereocenters. The number of hydrogen-bond acceptors (Lipinski definition) is 2. The molecule has 2 rings (SSSR count). The topological polar surface area (TPSA) is 55.1 Å². The van der Waals surface area contributed by atoms with Gasteiger partial charge < -0.3 is 5.11 Å². The van der Waals surface area contributed by atoms with Crippen LogP contribution in [0.3, 0.4) is 0 Å². The number of nitrogens with zero attached hydrogens (tertiary/aromatic N) is 2. The molecule has 0 aliphatic carbocycles. The highest BCUT2D eigenvalue weighted by atomic mass is 79.9. The maximum atomic E-state index is 10.9. The van der Waals surface area contributed by atoms with Crippen molar-refractivity contribution in [2.45, 2.75) is 26.7 Å². The number of aromatic nitrogens is 2. The van der Waals surface area contributed by atoms with Gasteiger partial charge in [0.05, 0.1) is 16.9 Å². The van der Waals surface area contributed by atoms with E-state index in [9.17, 15) is 4.79 Å². The first-order valence-corrected chi connectivity index (χ1v) is 6.97. The largest absolute Gasteiger partial charge is 0.478 e. The van der Waals surface area contributed by atoms with Crippen LogP contribution in [-0.4, -0.2) is 20.9 Å². The van der Waals surface area contributed by atoms with Gasteiger partial charge in [0, 0.05) is 10.2 Å². The van der Waals surface area contributed by atoms with Crippen molar-refractivity contribution >= 4 is 21.9 Å². The van der Waals surface area contributed by atoms with Gasteiger partial charge in [-0.05, 0) is 53.0 Å². The Labute approximate surface area is 120 Å². The van der Waals surface area contributed by atoms with E-state index >= 15 is 0 Å². The Morgan fingerprint density at radius 1 is 1.32 bits per heavy atom. The molecule has 2 aromatic rings. The second-order valence-corrected chi connectivity index (χ2v) is 5.07. The van der Waals surface area contributed by atoms with Gasteiger partial charge in [-0.2, -0.15) is 5.10 Å². The standard InChI is InChI=1S/C14H15BrN2O2/c1-3-10-8-11(4-2)17(16-10)13-6-5-9(14(18)19)7-12(13)15/h5-8H,3-4H2,1-2H3,(H,18,19). The number of benzene rings is 1. The minimum Gasteiger partial charge on any atom is -0.478 e. The number of hydrogen-bond donors (Lipinski definition) is 1. The van der Waals surface area contributed by atoms with Gasteiger partial charge in [0.2, 0.25) is 0 Å². The summed E-state index contributed by atoms with van der Waals surface area (Å²) in [6.07, 6.45) is 1.75. The second-order valence-electron chi connectivity index (χ2n) is 4.22. The Kier molecular flexibility index (Phi) is 4.04. The Hall–Kier alpha value is -1.62. The fourth-order valence-electron chi connectivity index (χ4n) is 1.92. The molecule has 0 amide bonds. The molecule has 0 fully saturated rings. The van der Waals surface area contributed by atoms with Crippen LogP contribution in [0.5, 0.6) is 0 Å². The number of carboxylic acids is 1. The van der Waals surface area contributed by atoms with Crippen LogP contribution in [0.1, 0.15) is 35.6 Å². The molecule has 0 aliphatic heterocycles. The van der Waals surface area contributed by atoms with E-state index < -0.39 is 5.97 Å². The number of rotatable bonds is 4. The Bertz CT molecular complexity index is 620. The molecule has 0 radical (unpaired) electrons. The van der Waals surface area contributed by atoms with Crippen molar-refractivity contribution in [3.05, 3.63) is 45.7 Å². The highest BCUT2D eigenvalue weighted by Gasteiger charge is 2.12. The quantitative estimate of drug-likeness (QED) is 0.937. The van der Waals surface area contributed by atoms with Crippen molar-refractivity contribution in [3.63, 3.8) is 0 Å². The lowest BCUT2D eigenvalue weighted by Gasteiger charge is -2.09. The van der Waals surface area contributed by atoms with Crippen LogP contribution in [0, 0.1) is 0 Å². The van der Waals surface area contributed by atoms with Crippen molar-refractivity contribution < 1.29 is 9.90 Å². The lowest BCUT2D eigenvalue weighted by atomic mass is 10.2. The minimum atomic E-state index is -0.933. The first-order valence-electron chi connectivity index (χ1n) is 6.17. The van der Waals surface area contributed by atoms with Crippen LogP contribution < -0.4 is 0 Å². The van der Waals surface area contributed by atoms with Gasteiger partial charge in [0.1, 0.15) is 0 Å². The molecule has 0 unspecified atom stereocenters. The smallest absolute Gasteiger partial charge is 0.335 e. The fraction of sp³-hybridized carbons (Fsp3) is 0.286. The van der Waals surface area contributed by atoms with Crippen LogP contribution in [0.2, 0.25) is 0 Å². The molecular formula is C14H15BrN2O2. The normalized spacial score (nSPS) is 10.7. The summed E-state index contributed by atoms with van der Waals surface area (Å²) in [5.41, 5.74) is 3.27. The monoisotopic (exact) mass is 322 g/mol.